The van der Waals surface area contributed by atoms with Gasteiger partial charge in [-0.25, -0.2) is 9.31 Å². The molecule has 2 aromatic rings. The number of fused-ring (bicyclic) bond motifs is 1. The molecule has 6 nitrogen and oxygen atoms in total. The third kappa shape index (κ3) is 3.41. The molecule has 0 aliphatic carbocycles. The van der Waals surface area contributed by atoms with E-state index in [1.165, 1.54) is 0 Å². The summed E-state index contributed by atoms with van der Waals surface area (Å²) in [5.74, 6) is 1.07. The zero-order valence-corrected chi connectivity index (χ0v) is 14.2. The van der Waals surface area contributed by atoms with Gasteiger partial charge in [0.1, 0.15) is 11.4 Å². The zero-order chi connectivity index (χ0) is 16.6. The molecule has 1 aliphatic rings. The molecule has 1 aliphatic heterocycles. The van der Waals surface area contributed by atoms with Gasteiger partial charge in [0.25, 0.3) is 0 Å². The minimum absolute atomic E-state index is 0.231. The molecule has 0 spiro atoms. The summed E-state index contributed by atoms with van der Waals surface area (Å²) in [6.07, 6.45) is -0.231. The molecule has 2 aromatic heterocycles. The van der Waals surface area contributed by atoms with Crippen molar-refractivity contribution in [1.82, 2.24) is 14.5 Å². The summed E-state index contributed by atoms with van der Waals surface area (Å²) in [4.78, 5) is 16.2. The summed E-state index contributed by atoms with van der Waals surface area (Å²) in [5.41, 5.74) is 1.64. The smallest absolute Gasteiger partial charge is 0.410 e. The van der Waals surface area contributed by atoms with Gasteiger partial charge in [-0.05, 0) is 45.9 Å². The number of rotatable bonds is 1. The quantitative estimate of drug-likeness (QED) is 0.812. The molecule has 0 saturated carbocycles. The zero-order valence-electron chi connectivity index (χ0n) is 14.2. The molecule has 0 aromatic carbocycles. The first-order valence-corrected chi connectivity index (χ1v) is 8.02. The van der Waals surface area contributed by atoms with E-state index in [4.69, 9.17) is 4.74 Å². The van der Waals surface area contributed by atoms with E-state index in [1.54, 1.807) is 4.90 Å². The normalized spacial score (nSPS) is 16.0. The van der Waals surface area contributed by atoms with Crippen molar-refractivity contribution in [2.24, 2.45) is 0 Å². The van der Waals surface area contributed by atoms with Crippen LogP contribution < -0.4 is 4.90 Å². The lowest BCUT2D eigenvalue weighted by Crippen LogP contribution is -2.50. The maximum absolute atomic E-state index is 12.1. The Morgan fingerprint density at radius 1 is 1.17 bits per heavy atom. The number of aryl methyl sites for hydroxylation is 1. The van der Waals surface area contributed by atoms with E-state index in [9.17, 15) is 4.79 Å². The highest BCUT2D eigenvalue weighted by molar-refractivity contribution is 5.68. The van der Waals surface area contributed by atoms with Crippen LogP contribution in [0.25, 0.3) is 5.52 Å². The van der Waals surface area contributed by atoms with Gasteiger partial charge in [0.15, 0.2) is 0 Å². The predicted octanol–water partition coefficient (Wildman–Crippen LogP) is 2.70. The average molecular weight is 316 g/mol. The van der Waals surface area contributed by atoms with Crippen molar-refractivity contribution in [3.8, 4) is 0 Å². The fraction of sp³-hybridized carbons (Fsp3) is 0.529. The molecule has 0 unspecified atom stereocenters. The van der Waals surface area contributed by atoms with Crippen LogP contribution in [0.5, 0.6) is 0 Å². The van der Waals surface area contributed by atoms with Crippen LogP contribution in [0.15, 0.2) is 24.3 Å². The van der Waals surface area contributed by atoms with E-state index in [0.29, 0.717) is 13.1 Å². The number of carbonyl (C=O) groups excluding carboxylic acids is 1. The monoisotopic (exact) mass is 316 g/mol. The van der Waals surface area contributed by atoms with Crippen LogP contribution >= 0.6 is 0 Å². The molecular formula is C17H24N4O2. The summed E-state index contributed by atoms with van der Waals surface area (Å²) in [6.45, 7) is 10.5. The van der Waals surface area contributed by atoms with Crippen LogP contribution in [0.1, 0.15) is 26.5 Å². The number of pyridine rings is 1. The van der Waals surface area contributed by atoms with Gasteiger partial charge < -0.3 is 14.5 Å². The van der Waals surface area contributed by atoms with Gasteiger partial charge in [-0.1, -0.05) is 6.07 Å². The first-order chi connectivity index (χ1) is 10.8. The molecule has 0 radical (unpaired) electrons. The topological polar surface area (TPSA) is 50.1 Å². The molecule has 1 saturated heterocycles. The lowest BCUT2D eigenvalue weighted by atomic mass is 10.2. The highest BCUT2D eigenvalue weighted by Gasteiger charge is 2.26. The molecule has 0 N–H and O–H groups in total. The summed E-state index contributed by atoms with van der Waals surface area (Å²) >= 11 is 0. The van der Waals surface area contributed by atoms with Crippen LogP contribution in [0.4, 0.5) is 10.6 Å². The van der Waals surface area contributed by atoms with Gasteiger partial charge >= 0.3 is 6.09 Å². The number of anilines is 1. The summed E-state index contributed by atoms with van der Waals surface area (Å²) in [5, 5.41) is 4.56. The number of carbonyl (C=O) groups is 1. The Labute approximate surface area is 136 Å². The SMILES string of the molecule is Cc1cc2cccc(N3CCN(C(=O)OC(C)(C)C)CC3)n2n1. The van der Waals surface area contributed by atoms with E-state index in [1.807, 2.05) is 38.3 Å². The van der Waals surface area contributed by atoms with E-state index in [0.717, 1.165) is 30.1 Å². The molecular weight excluding hydrogens is 292 g/mol. The van der Waals surface area contributed by atoms with E-state index in [-0.39, 0.29) is 6.09 Å². The van der Waals surface area contributed by atoms with Gasteiger partial charge in [-0.15, -0.1) is 0 Å². The molecule has 1 amide bonds. The van der Waals surface area contributed by atoms with Crippen LogP contribution in [-0.4, -0.2) is 52.4 Å². The number of amides is 1. The molecule has 1 fully saturated rings. The highest BCUT2D eigenvalue weighted by atomic mass is 16.6. The van der Waals surface area contributed by atoms with Gasteiger partial charge in [0, 0.05) is 26.2 Å². The highest BCUT2D eigenvalue weighted by Crippen LogP contribution is 2.20. The van der Waals surface area contributed by atoms with Crippen molar-refractivity contribution < 1.29 is 9.53 Å². The van der Waals surface area contributed by atoms with Crippen molar-refractivity contribution >= 4 is 17.4 Å². The Hall–Kier alpha value is -2.24. The Kier molecular flexibility index (Phi) is 3.92. The number of hydrogen-bond donors (Lipinski definition) is 0. The average Bonchev–Trinajstić information content (AvgIpc) is 2.85. The van der Waals surface area contributed by atoms with Crippen molar-refractivity contribution in [3.05, 3.63) is 30.0 Å². The van der Waals surface area contributed by atoms with Gasteiger partial charge in [0.05, 0.1) is 11.2 Å². The summed E-state index contributed by atoms with van der Waals surface area (Å²) in [6, 6.07) is 8.25. The Bertz CT molecular complexity index is 709. The van der Waals surface area contributed by atoms with Crippen LogP contribution in [-0.2, 0) is 4.74 Å². The second-order valence-corrected chi connectivity index (χ2v) is 6.96. The third-order valence-corrected chi connectivity index (χ3v) is 3.84. The Balaban J connectivity index is 1.70. The minimum Gasteiger partial charge on any atom is -0.444 e. The van der Waals surface area contributed by atoms with Crippen LogP contribution in [0, 0.1) is 6.92 Å². The second-order valence-electron chi connectivity index (χ2n) is 6.96. The lowest BCUT2D eigenvalue weighted by molar-refractivity contribution is 0.0240. The van der Waals surface area contributed by atoms with E-state index >= 15 is 0 Å². The van der Waals surface area contributed by atoms with Crippen LogP contribution in [0.3, 0.4) is 0 Å². The fourth-order valence-corrected chi connectivity index (χ4v) is 2.81. The lowest BCUT2D eigenvalue weighted by Gasteiger charge is -2.36. The van der Waals surface area contributed by atoms with E-state index in [2.05, 4.69) is 28.2 Å². The number of nitrogens with zero attached hydrogens (tertiary/aromatic N) is 4. The maximum atomic E-state index is 12.1. The van der Waals surface area contributed by atoms with Crippen molar-refractivity contribution in [2.75, 3.05) is 31.1 Å². The van der Waals surface area contributed by atoms with Gasteiger partial charge in [-0.2, -0.15) is 5.10 Å². The third-order valence-electron chi connectivity index (χ3n) is 3.84. The number of hydrogen-bond acceptors (Lipinski definition) is 4. The standard InChI is InChI=1S/C17H24N4O2/c1-13-12-14-6-5-7-15(21(14)18-13)19-8-10-20(11-9-19)16(22)23-17(2,3)4/h5-7,12H,8-11H2,1-4H3. The first kappa shape index (κ1) is 15.6. The minimum atomic E-state index is -0.452. The van der Waals surface area contributed by atoms with Crippen molar-refractivity contribution in [2.45, 2.75) is 33.3 Å². The molecule has 6 heteroatoms. The Morgan fingerprint density at radius 2 is 1.87 bits per heavy atom. The number of aromatic nitrogens is 2. The molecule has 0 atom stereocenters. The molecule has 124 valence electrons. The van der Waals surface area contributed by atoms with Crippen LogP contribution in [0.2, 0.25) is 0 Å². The van der Waals surface area contributed by atoms with Crippen molar-refractivity contribution in [1.29, 1.82) is 0 Å². The van der Waals surface area contributed by atoms with Gasteiger partial charge in [-0.3, -0.25) is 0 Å². The molecule has 3 heterocycles. The fourth-order valence-electron chi connectivity index (χ4n) is 2.81. The predicted molar refractivity (Wildman–Crippen MR) is 89.9 cm³/mol. The van der Waals surface area contributed by atoms with Gasteiger partial charge in [0.2, 0.25) is 0 Å². The van der Waals surface area contributed by atoms with Crippen molar-refractivity contribution in [3.63, 3.8) is 0 Å². The summed E-state index contributed by atoms with van der Waals surface area (Å²) < 4.78 is 7.41. The molecule has 3 rings (SSSR count). The molecule has 23 heavy (non-hydrogen) atoms. The van der Waals surface area contributed by atoms with E-state index < -0.39 is 5.60 Å². The summed E-state index contributed by atoms with van der Waals surface area (Å²) in [7, 11) is 0. The Morgan fingerprint density at radius 3 is 2.52 bits per heavy atom. The molecule has 0 bridgehead atoms. The maximum Gasteiger partial charge on any atom is 0.410 e. The first-order valence-electron chi connectivity index (χ1n) is 8.02. The largest absolute Gasteiger partial charge is 0.444 e. The number of ether oxygens (including phenoxy) is 1. The second kappa shape index (κ2) is 5.76. The number of piperazine rings is 1.